The first kappa shape index (κ1) is 19.4. The number of ether oxygens (including phenoxy) is 2. The molecule has 2 N–H and O–H groups in total. The Morgan fingerprint density at radius 2 is 1.68 bits per heavy atom. The lowest BCUT2D eigenvalue weighted by Crippen LogP contribution is -2.28. The Hall–Kier alpha value is -3.38. The molecule has 0 saturated heterocycles. The lowest BCUT2D eigenvalue weighted by atomic mass is 10.1. The summed E-state index contributed by atoms with van der Waals surface area (Å²) in [6.07, 6.45) is 0. The molecule has 0 spiro atoms. The Labute approximate surface area is 163 Å². The van der Waals surface area contributed by atoms with Crippen LogP contribution in [0, 0.1) is 0 Å². The van der Waals surface area contributed by atoms with E-state index in [2.05, 4.69) is 10.6 Å². The summed E-state index contributed by atoms with van der Waals surface area (Å²) in [5, 5.41) is 7.62. The number of amides is 2. The van der Waals surface area contributed by atoms with E-state index in [0.717, 1.165) is 10.8 Å². The second kappa shape index (κ2) is 9.53. The van der Waals surface area contributed by atoms with Gasteiger partial charge in [0.1, 0.15) is 5.75 Å². The first-order valence-corrected chi connectivity index (χ1v) is 8.95. The van der Waals surface area contributed by atoms with Crippen LogP contribution < -0.4 is 15.4 Å². The van der Waals surface area contributed by atoms with Gasteiger partial charge in [-0.25, -0.2) is 0 Å². The fourth-order valence-electron chi connectivity index (χ4n) is 2.74. The van der Waals surface area contributed by atoms with E-state index < -0.39 is 0 Å². The normalized spacial score (nSPS) is 10.5. The lowest BCUT2D eigenvalue weighted by Gasteiger charge is -2.12. The van der Waals surface area contributed by atoms with Gasteiger partial charge in [-0.15, -0.1) is 0 Å². The Balaban J connectivity index is 1.60. The topological polar surface area (TPSA) is 76.7 Å². The van der Waals surface area contributed by atoms with Crippen LogP contribution in [-0.4, -0.2) is 38.7 Å². The Kier molecular flexibility index (Phi) is 6.59. The van der Waals surface area contributed by atoms with E-state index in [4.69, 9.17) is 9.47 Å². The highest BCUT2D eigenvalue weighted by molar-refractivity contribution is 6.04. The first-order valence-electron chi connectivity index (χ1n) is 8.95. The number of carbonyl (C=O) groups excluding carboxylic acids is 2. The molecule has 144 valence electrons. The number of hydrogen-bond donors (Lipinski definition) is 2. The summed E-state index contributed by atoms with van der Waals surface area (Å²) < 4.78 is 10.5. The quantitative estimate of drug-likeness (QED) is 0.590. The molecule has 0 unspecified atom stereocenters. The predicted octanol–water partition coefficient (Wildman–Crippen LogP) is 3.23. The highest BCUT2D eigenvalue weighted by atomic mass is 16.5. The zero-order chi connectivity index (χ0) is 19.8. The van der Waals surface area contributed by atoms with Gasteiger partial charge in [0.05, 0.1) is 17.9 Å². The van der Waals surface area contributed by atoms with Crippen molar-refractivity contribution >= 4 is 28.3 Å². The molecular formula is C22H22N2O4. The summed E-state index contributed by atoms with van der Waals surface area (Å²) in [6, 6.07) is 20.4. The first-order chi connectivity index (χ1) is 13.7. The molecule has 0 saturated carbocycles. The van der Waals surface area contributed by atoms with Gasteiger partial charge in [0.15, 0.2) is 6.61 Å². The van der Waals surface area contributed by atoms with Gasteiger partial charge in [-0.2, -0.15) is 0 Å². The van der Waals surface area contributed by atoms with Crippen molar-refractivity contribution in [1.82, 2.24) is 5.32 Å². The van der Waals surface area contributed by atoms with Gasteiger partial charge in [0, 0.05) is 13.7 Å². The van der Waals surface area contributed by atoms with Crippen molar-refractivity contribution < 1.29 is 19.1 Å². The van der Waals surface area contributed by atoms with Crippen LogP contribution in [0.3, 0.4) is 0 Å². The van der Waals surface area contributed by atoms with E-state index in [1.807, 2.05) is 42.5 Å². The van der Waals surface area contributed by atoms with Crippen molar-refractivity contribution in [3.63, 3.8) is 0 Å². The number of fused-ring (bicyclic) bond motifs is 1. The van der Waals surface area contributed by atoms with Crippen molar-refractivity contribution in [1.29, 1.82) is 0 Å². The summed E-state index contributed by atoms with van der Waals surface area (Å²) in [4.78, 5) is 24.6. The van der Waals surface area contributed by atoms with E-state index >= 15 is 0 Å². The van der Waals surface area contributed by atoms with Crippen molar-refractivity contribution in [2.45, 2.75) is 0 Å². The summed E-state index contributed by atoms with van der Waals surface area (Å²) in [5.74, 6) is -0.00635. The average Bonchev–Trinajstić information content (AvgIpc) is 2.72. The van der Waals surface area contributed by atoms with Gasteiger partial charge in [0.25, 0.3) is 11.8 Å². The number of rotatable bonds is 8. The van der Waals surface area contributed by atoms with Gasteiger partial charge in [0.2, 0.25) is 0 Å². The van der Waals surface area contributed by atoms with Gasteiger partial charge in [-0.05, 0) is 35.0 Å². The number of methoxy groups -OCH3 is 1. The summed E-state index contributed by atoms with van der Waals surface area (Å²) in [5.41, 5.74) is 0.821. The minimum atomic E-state index is -0.342. The van der Waals surface area contributed by atoms with E-state index in [-0.39, 0.29) is 18.4 Å². The van der Waals surface area contributed by atoms with Crippen LogP contribution in [0.2, 0.25) is 0 Å². The fourth-order valence-corrected chi connectivity index (χ4v) is 2.74. The van der Waals surface area contributed by atoms with Crippen molar-refractivity contribution in [2.75, 3.05) is 32.2 Å². The summed E-state index contributed by atoms with van der Waals surface area (Å²) >= 11 is 0. The molecule has 0 radical (unpaired) electrons. The third-order valence-electron chi connectivity index (χ3n) is 4.13. The van der Waals surface area contributed by atoms with Crippen molar-refractivity contribution in [2.24, 2.45) is 0 Å². The predicted molar refractivity (Wildman–Crippen MR) is 109 cm³/mol. The second-order valence-corrected chi connectivity index (χ2v) is 6.14. The highest BCUT2D eigenvalue weighted by Gasteiger charge is 2.13. The molecule has 0 aromatic heterocycles. The van der Waals surface area contributed by atoms with Crippen LogP contribution >= 0.6 is 0 Å². The lowest BCUT2D eigenvalue weighted by molar-refractivity contribution is -0.118. The Morgan fingerprint density at radius 1 is 0.929 bits per heavy atom. The third kappa shape index (κ3) is 5.08. The minimum absolute atomic E-state index is 0.155. The molecule has 0 atom stereocenters. The molecule has 0 heterocycles. The summed E-state index contributed by atoms with van der Waals surface area (Å²) in [7, 11) is 1.57. The molecule has 0 aliphatic rings. The number of para-hydroxylation sites is 1. The zero-order valence-electron chi connectivity index (χ0n) is 15.6. The maximum atomic E-state index is 12.3. The molecular weight excluding hydrogens is 356 g/mol. The van der Waals surface area contributed by atoms with Gasteiger partial charge in [-0.3, -0.25) is 9.59 Å². The van der Waals surface area contributed by atoms with E-state index in [9.17, 15) is 9.59 Å². The monoisotopic (exact) mass is 378 g/mol. The minimum Gasteiger partial charge on any atom is -0.484 e. The molecule has 3 rings (SSSR count). The van der Waals surface area contributed by atoms with Crippen molar-refractivity contribution in [3.8, 4) is 5.75 Å². The molecule has 0 aliphatic carbocycles. The van der Waals surface area contributed by atoms with Crippen LogP contribution in [-0.2, 0) is 9.53 Å². The molecule has 28 heavy (non-hydrogen) atoms. The van der Waals surface area contributed by atoms with E-state index in [0.29, 0.717) is 30.2 Å². The third-order valence-corrected chi connectivity index (χ3v) is 4.13. The molecule has 6 nitrogen and oxygen atoms in total. The largest absolute Gasteiger partial charge is 0.484 e. The van der Waals surface area contributed by atoms with Crippen molar-refractivity contribution in [3.05, 3.63) is 72.3 Å². The smallest absolute Gasteiger partial charge is 0.262 e. The van der Waals surface area contributed by atoms with E-state index in [1.165, 1.54) is 0 Å². The number of hydrogen-bond acceptors (Lipinski definition) is 4. The Morgan fingerprint density at radius 3 is 2.50 bits per heavy atom. The molecule has 0 bridgehead atoms. The maximum Gasteiger partial charge on any atom is 0.262 e. The number of carbonyl (C=O) groups is 2. The second-order valence-electron chi connectivity index (χ2n) is 6.14. The van der Waals surface area contributed by atoms with Crippen LogP contribution in [0.25, 0.3) is 10.8 Å². The van der Waals surface area contributed by atoms with Gasteiger partial charge >= 0.3 is 0 Å². The SMILES string of the molecule is COCCNC(=O)c1ccccc1NC(=O)COc1ccc2ccccc2c1. The maximum absolute atomic E-state index is 12.3. The average molecular weight is 378 g/mol. The molecule has 0 fully saturated rings. The summed E-state index contributed by atoms with van der Waals surface area (Å²) in [6.45, 7) is 0.653. The Bertz CT molecular complexity index is 971. The molecule has 3 aromatic rings. The molecule has 3 aromatic carbocycles. The number of anilines is 1. The van der Waals surface area contributed by atoms with Crippen LogP contribution in [0.15, 0.2) is 66.7 Å². The molecule has 0 aliphatic heterocycles. The van der Waals surface area contributed by atoms with Crippen LogP contribution in [0.1, 0.15) is 10.4 Å². The van der Waals surface area contributed by atoms with Gasteiger partial charge in [-0.1, -0.05) is 42.5 Å². The standard InChI is InChI=1S/C22H22N2O4/c1-27-13-12-23-22(26)19-8-4-5-9-20(19)24-21(25)15-28-18-11-10-16-6-2-3-7-17(16)14-18/h2-11,14H,12-13,15H2,1H3,(H,23,26)(H,24,25). The van der Waals surface area contributed by atoms with Crippen LogP contribution in [0.4, 0.5) is 5.69 Å². The number of benzene rings is 3. The number of nitrogens with one attached hydrogen (secondary N) is 2. The molecule has 6 heteroatoms. The zero-order valence-corrected chi connectivity index (χ0v) is 15.6. The molecule has 2 amide bonds. The highest BCUT2D eigenvalue weighted by Crippen LogP contribution is 2.21. The van der Waals surface area contributed by atoms with Crippen LogP contribution in [0.5, 0.6) is 5.75 Å². The fraction of sp³-hybridized carbons (Fsp3) is 0.182. The van der Waals surface area contributed by atoms with E-state index in [1.54, 1.807) is 31.4 Å². The van der Waals surface area contributed by atoms with Gasteiger partial charge < -0.3 is 20.1 Å².